The predicted octanol–water partition coefficient (Wildman–Crippen LogP) is 3.44. The maximum Gasteiger partial charge on any atom is 0.128 e. The molecule has 0 aliphatic carbocycles. The molecule has 1 aromatic rings. The molecule has 0 heterocycles. The smallest absolute Gasteiger partial charge is 0.128 e. The van der Waals surface area contributed by atoms with Crippen molar-refractivity contribution >= 4 is 0 Å². The van der Waals surface area contributed by atoms with Crippen molar-refractivity contribution in [2.75, 3.05) is 6.54 Å². The first-order valence-electron chi connectivity index (χ1n) is 5.55. The lowest BCUT2D eigenvalue weighted by Crippen LogP contribution is -2.26. The number of halogens is 1. The van der Waals surface area contributed by atoms with Crippen LogP contribution in [0.2, 0.25) is 0 Å². The van der Waals surface area contributed by atoms with Crippen LogP contribution in [0, 0.1) is 18.7 Å². The van der Waals surface area contributed by atoms with Crippen LogP contribution in [-0.4, -0.2) is 6.54 Å². The van der Waals surface area contributed by atoms with Gasteiger partial charge in [0.15, 0.2) is 0 Å². The summed E-state index contributed by atoms with van der Waals surface area (Å²) in [6, 6.07) is 5.56. The third kappa shape index (κ3) is 3.03. The van der Waals surface area contributed by atoms with E-state index in [4.69, 9.17) is 0 Å². The SMILES string of the molecule is CCNC(c1ccc(C)cc1F)C(C)C. The van der Waals surface area contributed by atoms with E-state index in [0.717, 1.165) is 17.7 Å². The Morgan fingerprint density at radius 1 is 1.33 bits per heavy atom. The van der Waals surface area contributed by atoms with E-state index in [1.165, 1.54) is 0 Å². The van der Waals surface area contributed by atoms with Crippen molar-refractivity contribution in [3.8, 4) is 0 Å². The van der Waals surface area contributed by atoms with Crippen LogP contribution >= 0.6 is 0 Å². The van der Waals surface area contributed by atoms with Crippen molar-refractivity contribution in [1.82, 2.24) is 5.32 Å². The third-order valence-corrected chi connectivity index (χ3v) is 2.58. The molecule has 1 atom stereocenters. The van der Waals surface area contributed by atoms with Crippen molar-refractivity contribution in [1.29, 1.82) is 0 Å². The molecule has 1 aromatic carbocycles. The van der Waals surface area contributed by atoms with Crippen LogP contribution in [0.5, 0.6) is 0 Å². The Bertz CT molecular complexity index is 320. The highest BCUT2D eigenvalue weighted by molar-refractivity contribution is 5.26. The summed E-state index contributed by atoms with van der Waals surface area (Å²) >= 11 is 0. The van der Waals surface area contributed by atoms with E-state index in [9.17, 15) is 4.39 Å². The molecule has 2 heteroatoms. The van der Waals surface area contributed by atoms with Gasteiger partial charge in [0.05, 0.1) is 0 Å². The van der Waals surface area contributed by atoms with E-state index in [2.05, 4.69) is 19.2 Å². The number of benzene rings is 1. The molecule has 0 aliphatic heterocycles. The molecule has 0 aliphatic rings. The lowest BCUT2D eigenvalue weighted by atomic mass is 9.95. The van der Waals surface area contributed by atoms with Crippen LogP contribution in [0.4, 0.5) is 4.39 Å². The first-order chi connectivity index (χ1) is 7.06. The quantitative estimate of drug-likeness (QED) is 0.801. The van der Waals surface area contributed by atoms with E-state index in [-0.39, 0.29) is 11.9 Å². The fraction of sp³-hybridized carbons (Fsp3) is 0.538. The Labute approximate surface area is 91.7 Å². The number of nitrogens with one attached hydrogen (secondary N) is 1. The normalized spacial score (nSPS) is 13.2. The Hall–Kier alpha value is -0.890. The number of hydrogen-bond donors (Lipinski definition) is 1. The molecule has 1 rings (SSSR count). The summed E-state index contributed by atoms with van der Waals surface area (Å²) in [5, 5.41) is 3.32. The molecule has 0 saturated carbocycles. The summed E-state index contributed by atoms with van der Waals surface area (Å²) in [6.45, 7) is 9.02. The number of rotatable bonds is 4. The molecule has 0 fully saturated rings. The van der Waals surface area contributed by atoms with E-state index in [1.54, 1.807) is 6.07 Å². The van der Waals surface area contributed by atoms with Gasteiger partial charge in [0, 0.05) is 11.6 Å². The van der Waals surface area contributed by atoms with Gasteiger partial charge < -0.3 is 5.32 Å². The maximum atomic E-state index is 13.7. The van der Waals surface area contributed by atoms with E-state index >= 15 is 0 Å². The fourth-order valence-electron chi connectivity index (χ4n) is 1.81. The van der Waals surface area contributed by atoms with Crippen molar-refractivity contribution in [2.24, 2.45) is 5.92 Å². The van der Waals surface area contributed by atoms with Crippen LogP contribution in [0.25, 0.3) is 0 Å². The molecule has 0 amide bonds. The zero-order valence-electron chi connectivity index (χ0n) is 9.97. The van der Waals surface area contributed by atoms with Gasteiger partial charge in [0.25, 0.3) is 0 Å². The van der Waals surface area contributed by atoms with Gasteiger partial charge in [-0.05, 0) is 31.0 Å². The van der Waals surface area contributed by atoms with Gasteiger partial charge in [-0.1, -0.05) is 32.9 Å². The second-order valence-electron chi connectivity index (χ2n) is 4.30. The van der Waals surface area contributed by atoms with Crippen LogP contribution < -0.4 is 5.32 Å². The zero-order valence-corrected chi connectivity index (χ0v) is 9.97. The highest BCUT2D eigenvalue weighted by atomic mass is 19.1. The molecule has 0 spiro atoms. The summed E-state index contributed by atoms with van der Waals surface area (Å²) in [5.41, 5.74) is 1.74. The van der Waals surface area contributed by atoms with Gasteiger partial charge in [-0.3, -0.25) is 0 Å². The average molecular weight is 209 g/mol. The van der Waals surface area contributed by atoms with Crippen molar-refractivity contribution in [3.05, 3.63) is 35.1 Å². The molecular weight excluding hydrogens is 189 g/mol. The van der Waals surface area contributed by atoms with Crippen LogP contribution in [0.15, 0.2) is 18.2 Å². The number of hydrogen-bond acceptors (Lipinski definition) is 1. The molecule has 15 heavy (non-hydrogen) atoms. The van der Waals surface area contributed by atoms with Gasteiger partial charge in [0.1, 0.15) is 5.82 Å². The number of aryl methyl sites for hydroxylation is 1. The minimum Gasteiger partial charge on any atom is -0.310 e. The van der Waals surface area contributed by atoms with E-state index in [1.807, 2.05) is 26.0 Å². The van der Waals surface area contributed by atoms with Gasteiger partial charge in [-0.2, -0.15) is 0 Å². The van der Waals surface area contributed by atoms with Crippen molar-refractivity contribution < 1.29 is 4.39 Å². The van der Waals surface area contributed by atoms with Gasteiger partial charge in [-0.15, -0.1) is 0 Å². The minimum absolute atomic E-state index is 0.102. The summed E-state index contributed by atoms with van der Waals surface area (Å²) < 4.78 is 13.7. The molecule has 0 radical (unpaired) electrons. The monoisotopic (exact) mass is 209 g/mol. The molecule has 1 nitrogen and oxygen atoms in total. The van der Waals surface area contributed by atoms with Gasteiger partial charge in [0.2, 0.25) is 0 Å². The average Bonchev–Trinajstić information content (AvgIpc) is 2.15. The largest absolute Gasteiger partial charge is 0.310 e. The van der Waals surface area contributed by atoms with Crippen molar-refractivity contribution in [3.63, 3.8) is 0 Å². The summed E-state index contributed by atoms with van der Waals surface area (Å²) in [6.07, 6.45) is 0. The van der Waals surface area contributed by atoms with Crippen LogP contribution in [0.3, 0.4) is 0 Å². The summed E-state index contributed by atoms with van der Waals surface area (Å²) in [4.78, 5) is 0. The summed E-state index contributed by atoms with van der Waals surface area (Å²) in [7, 11) is 0. The predicted molar refractivity (Wildman–Crippen MR) is 62.4 cm³/mol. The fourth-order valence-corrected chi connectivity index (χ4v) is 1.81. The molecular formula is C13H20FN. The molecule has 1 N–H and O–H groups in total. The summed E-state index contributed by atoms with van der Waals surface area (Å²) in [5.74, 6) is 0.289. The lowest BCUT2D eigenvalue weighted by molar-refractivity contribution is 0.405. The highest BCUT2D eigenvalue weighted by Crippen LogP contribution is 2.24. The second-order valence-corrected chi connectivity index (χ2v) is 4.30. The topological polar surface area (TPSA) is 12.0 Å². The Kier molecular flexibility index (Phi) is 4.28. The second kappa shape index (κ2) is 5.26. The van der Waals surface area contributed by atoms with Crippen LogP contribution in [-0.2, 0) is 0 Å². The molecule has 84 valence electrons. The molecule has 1 unspecified atom stereocenters. The first-order valence-corrected chi connectivity index (χ1v) is 5.55. The third-order valence-electron chi connectivity index (χ3n) is 2.58. The van der Waals surface area contributed by atoms with Crippen LogP contribution in [0.1, 0.15) is 37.9 Å². The Morgan fingerprint density at radius 3 is 2.47 bits per heavy atom. The molecule has 0 bridgehead atoms. The van der Waals surface area contributed by atoms with Crippen molar-refractivity contribution in [2.45, 2.75) is 33.7 Å². The van der Waals surface area contributed by atoms with Gasteiger partial charge >= 0.3 is 0 Å². The van der Waals surface area contributed by atoms with Gasteiger partial charge in [-0.25, -0.2) is 4.39 Å². The molecule has 0 aromatic heterocycles. The molecule has 0 saturated heterocycles. The standard InChI is InChI=1S/C13H20FN/c1-5-15-13(9(2)3)11-7-6-10(4)8-12(11)14/h6-9,13,15H,5H2,1-4H3. The zero-order chi connectivity index (χ0) is 11.4. The minimum atomic E-state index is -0.102. The lowest BCUT2D eigenvalue weighted by Gasteiger charge is -2.22. The van der Waals surface area contributed by atoms with E-state index in [0.29, 0.717) is 5.92 Å². The highest BCUT2D eigenvalue weighted by Gasteiger charge is 2.17. The first kappa shape index (κ1) is 12.2. The Balaban J connectivity index is 3.00. The maximum absolute atomic E-state index is 13.7. The van der Waals surface area contributed by atoms with E-state index < -0.39 is 0 Å². The Morgan fingerprint density at radius 2 is 2.00 bits per heavy atom.